The van der Waals surface area contributed by atoms with Crippen molar-refractivity contribution in [3.05, 3.63) is 41.2 Å². The third-order valence-electron chi connectivity index (χ3n) is 2.45. The molecule has 0 aliphatic carbocycles. The number of para-hydroxylation sites is 1. The third-order valence-corrected chi connectivity index (χ3v) is 3.32. The quantitative estimate of drug-likeness (QED) is 0.723. The molecule has 0 radical (unpaired) electrons. The number of nitrogens with zero attached hydrogens (tertiary/aromatic N) is 4. The fourth-order valence-electron chi connectivity index (χ4n) is 1.61. The Labute approximate surface area is 107 Å². The SMILES string of the molecule is COc1ccccc1C=Cc1nn2cnnc2s1. The molecule has 0 N–H and O–H groups in total. The van der Waals surface area contributed by atoms with E-state index in [-0.39, 0.29) is 0 Å². The van der Waals surface area contributed by atoms with Gasteiger partial charge in [0.2, 0.25) is 4.96 Å². The van der Waals surface area contributed by atoms with Gasteiger partial charge in [0.15, 0.2) is 0 Å². The van der Waals surface area contributed by atoms with Crippen LogP contribution in [0.1, 0.15) is 10.6 Å². The molecule has 0 bridgehead atoms. The van der Waals surface area contributed by atoms with E-state index in [0.717, 1.165) is 21.3 Å². The van der Waals surface area contributed by atoms with E-state index in [9.17, 15) is 0 Å². The van der Waals surface area contributed by atoms with Gasteiger partial charge in [-0.1, -0.05) is 29.5 Å². The second-order valence-electron chi connectivity index (χ2n) is 3.57. The predicted molar refractivity (Wildman–Crippen MR) is 70.6 cm³/mol. The van der Waals surface area contributed by atoms with Gasteiger partial charge in [-0.15, -0.1) is 10.2 Å². The van der Waals surface area contributed by atoms with Crippen LogP contribution in [0.2, 0.25) is 0 Å². The van der Waals surface area contributed by atoms with E-state index in [4.69, 9.17) is 4.74 Å². The minimum atomic E-state index is 0.787. The number of hydrogen-bond acceptors (Lipinski definition) is 5. The molecule has 0 fully saturated rings. The lowest BCUT2D eigenvalue weighted by molar-refractivity contribution is 0.414. The molecule has 2 aromatic heterocycles. The summed E-state index contributed by atoms with van der Waals surface area (Å²) in [5.74, 6) is 0.844. The van der Waals surface area contributed by atoms with Crippen molar-refractivity contribution in [3.8, 4) is 5.75 Å². The number of methoxy groups -OCH3 is 1. The third kappa shape index (κ3) is 1.98. The number of hydrogen-bond donors (Lipinski definition) is 0. The minimum Gasteiger partial charge on any atom is -0.496 e. The maximum atomic E-state index is 5.28. The molecule has 90 valence electrons. The van der Waals surface area contributed by atoms with Crippen LogP contribution in [0.3, 0.4) is 0 Å². The lowest BCUT2D eigenvalue weighted by Crippen LogP contribution is -1.85. The van der Waals surface area contributed by atoms with E-state index in [2.05, 4.69) is 15.3 Å². The zero-order valence-corrected chi connectivity index (χ0v) is 10.5. The van der Waals surface area contributed by atoms with Gasteiger partial charge in [0.25, 0.3) is 0 Å². The molecule has 3 rings (SSSR count). The molecular formula is C12H10N4OS. The molecule has 0 amide bonds. The summed E-state index contributed by atoms with van der Waals surface area (Å²) >= 11 is 1.49. The molecule has 6 heteroatoms. The van der Waals surface area contributed by atoms with Crippen LogP contribution in [0.25, 0.3) is 17.1 Å². The van der Waals surface area contributed by atoms with Gasteiger partial charge in [-0.05, 0) is 18.2 Å². The highest BCUT2D eigenvalue weighted by atomic mass is 32.1. The Hall–Kier alpha value is -2.21. The van der Waals surface area contributed by atoms with Crippen LogP contribution < -0.4 is 4.74 Å². The highest BCUT2D eigenvalue weighted by Crippen LogP contribution is 2.21. The van der Waals surface area contributed by atoms with Gasteiger partial charge in [-0.3, -0.25) is 0 Å². The van der Waals surface area contributed by atoms with Crippen LogP contribution in [-0.2, 0) is 0 Å². The number of ether oxygens (including phenoxy) is 1. The molecule has 0 atom stereocenters. The Bertz CT molecular complexity index is 672. The van der Waals surface area contributed by atoms with Gasteiger partial charge < -0.3 is 4.74 Å². The zero-order chi connectivity index (χ0) is 12.4. The molecule has 0 saturated heterocycles. The second kappa shape index (κ2) is 4.58. The van der Waals surface area contributed by atoms with Crippen molar-refractivity contribution < 1.29 is 4.74 Å². The summed E-state index contributed by atoms with van der Waals surface area (Å²) in [7, 11) is 1.66. The Balaban J connectivity index is 1.91. The summed E-state index contributed by atoms with van der Waals surface area (Å²) in [5, 5.41) is 12.9. The summed E-state index contributed by atoms with van der Waals surface area (Å²) in [4.78, 5) is 0.787. The minimum absolute atomic E-state index is 0.787. The van der Waals surface area contributed by atoms with Crippen molar-refractivity contribution in [1.29, 1.82) is 0 Å². The van der Waals surface area contributed by atoms with Crippen LogP contribution >= 0.6 is 11.3 Å². The van der Waals surface area contributed by atoms with E-state index in [1.165, 1.54) is 11.3 Å². The molecule has 1 aromatic carbocycles. The number of fused-ring (bicyclic) bond motifs is 1. The Morgan fingerprint density at radius 1 is 1.28 bits per heavy atom. The summed E-state index contributed by atoms with van der Waals surface area (Å²) < 4.78 is 6.94. The van der Waals surface area contributed by atoms with Crippen molar-refractivity contribution in [3.63, 3.8) is 0 Å². The van der Waals surface area contributed by atoms with Crippen LogP contribution in [0, 0.1) is 0 Å². The van der Waals surface area contributed by atoms with Gasteiger partial charge in [0.05, 0.1) is 7.11 Å². The van der Waals surface area contributed by atoms with Gasteiger partial charge in [-0.25, -0.2) is 0 Å². The molecular weight excluding hydrogens is 248 g/mol. The fraction of sp³-hybridized carbons (Fsp3) is 0.0833. The molecule has 18 heavy (non-hydrogen) atoms. The number of benzene rings is 1. The Kier molecular flexibility index (Phi) is 2.77. The van der Waals surface area contributed by atoms with Crippen LogP contribution in [0.5, 0.6) is 5.75 Å². The molecule has 0 aliphatic rings. The maximum Gasteiger partial charge on any atom is 0.234 e. The molecule has 0 saturated carbocycles. The summed E-state index contributed by atoms with van der Waals surface area (Å²) in [6.07, 6.45) is 5.51. The van der Waals surface area contributed by atoms with E-state index in [1.54, 1.807) is 18.0 Å². The summed E-state index contributed by atoms with van der Waals surface area (Å²) in [6, 6.07) is 7.84. The van der Waals surface area contributed by atoms with Crippen molar-refractivity contribution in [2.24, 2.45) is 0 Å². The monoisotopic (exact) mass is 258 g/mol. The summed E-state index contributed by atoms with van der Waals surface area (Å²) in [5.41, 5.74) is 1.02. The smallest absolute Gasteiger partial charge is 0.234 e. The van der Waals surface area contributed by atoms with E-state index in [0.29, 0.717) is 0 Å². The average molecular weight is 258 g/mol. The standard InChI is InChI=1S/C12H10N4OS/c1-17-10-5-3-2-4-9(10)6-7-11-15-16-8-13-14-12(16)18-11/h2-8H,1H3. The van der Waals surface area contributed by atoms with E-state index < -0.39 is 0 Å². The van der Waals surface area contributed by atoms with Crippen LogP contribution in [0.4, 0.5) is 0 Å². The summed E-state index contributed by atoms with van der Waals surface area (Å²) in [6.45, 7) is 0. The highest BCUT2D eigenvalue weighted by Gasteiger charge is 2.02. The van der Waals surface area contributed by atoms with Crippen molar-refractivity contribution in [2.75, 3.05) is 7.11 Å². The lowest BCUT2D eigenvalue weighted by atomic mass is 10.2. The molecule has 0 spiro atoms. The second-order valence-corrected chi connectivity index (χ2v) is 4.56. The highest BCUT2D eigenvalue weighted by molar-refractivity contribution is 7.17. The zero-order valence-electron chi connectivity index (χ0n) is 9.65. The maximum absolute atomic E-state index is 5.28. The normalized spacial score (nSPS) is 11.4. The first-order valence-corrected chi connectivity index (χ1v) is 6.16. The van der Waals surface area contributed by atoms with Gasteiger partial charge >= 0.3 is 0 Å². The van der Waals surface area contributed by atoms with Gasteiger partial charge in [0, 0.05) is 5.56 Å². The van der Waals surface area contributed by atoms with Crippen molar-refractivity contribution in [1.82, 2.24) is 19.8 Å². The van der Waals surface area contributed by atoms with E-state index >= 15 is 0 Å². The molecule has 2 heterocycles. The van der Waals surface area contributed by atoms with Gasteiger partial charge in [-0.2, -0.15) is 9.61 Å². The number of aromatic nitrogens is 4. The van der Waals surface area contributed by atoms with Gasteiger partial charge in [0.1, 0.15) is 17.1 Å². The molecule has 0 aliphatic heterocycles. The molecule has 3 aromatic rings. The van der Waals surface area contributed by atoms with Crippen LogP contribution in [-0.4, -0.2) is 26.9 Å². The number of rotatable bonds is 3. The molecule has 0 unspecified atom stereocenters. The largest absolute Gasteiger partial charge is 0.496 e. The predicted octanol–water partition coefficient (Wildman–Crippen LogP) is 2.36. The fourth-order valence-corrected chi connectivity index (χ4v) is 2.33. The Morgan fingerprint density at radius 2 is 2.17 bits per heavy atom. The van der Waals surface area contributed by atoms with Crippen molar-refractivity contribution >= 4 is 28.4 Å². The first-order valence-electron chi connectivity index (χ1n) is 5.35. The average Bonchev–Trinajstić information content (AvgIpc) is 2.97. The van der Waals surface area contributed by atoms with E-state index in [1.807, 2.05) is 36.4 Å². The Morgan fingerprint density at radius 3 is 3.00 bits per heavy atom. The lowest BCUT2D eigenvalue weighted by Gasteiger charge is -2.02. The van der Waals surface area contributed by atoms with Crippen molar-refractivity contribution in [2.45, 2.75) is 0 Å². The topological polar surface area (TPSA) is 52.3 Å². The first kappa shape index (κ1) is 10.9. The molecule has 5 nitrogen and oxygen atoms in total. The van der Waals surface area contributed by atoms with Crippen LogP contribution in [0.15, 0.2) is 30.6 Å². The first-order chi connectivity index (χ1) is 8.86.